The molecule has 0 spiro atoms. The van der Waals surface area contributed by atoms with Crippen LogP contribution in [0.3, 0.4) is 0 Å². The van der Waals surface area contributed by atoms with Crippen molar-refractivity contribution in [2.45, 2.75) is 26.2 Å². The highest BCUT2D eigenvalue weighted by Gasteiger charge is 2.03. The monoisotopic (exact) mass is 284 g/mol. The molecule has 21 heavy (non-hydrogen) atoms. The Hall–Kier alpha value is -2.36. The van der Waals surface area contributed by atoms with Crippen molar-refractivity contribution in [1.82, 2.24) is 0 Å². The molecule has 0 atom stereocenters. The largest absolute Gasteiger partial charge is 0.385 e. The Kier molecular flexibility index (Phi) is 5.32. The summed E-state index contributed by atoms with van der Waals surface area (Å²) < 4.78 is 0. The van der Waals surface area contributed by atoms with E-state index in [4.69, 9.17) is 0 Å². The van der Waals surface area contributed by atoms with Crippen molar-refractivity contribution >= 4 is 11.4 Å². The topological polar surface area (TPSA) is 55.2 Å². The van der Waals surface area contributed by atoms with Gasteiger partial charge in [-0.3, -0.25) is 10.1 Å². The van der Waals surface area contributed by atoms with Crippen LogP contribution in [0.1, 0.15) is 24.5 Å². The maximum absolute atomic E-state index is 10.6. The number of hydrogen-bond donors (Lipinski definition) is 1. The van der Waals surface area contributed by atoms with Crippen LogP contribution in [0.15, 0.2) is 48.5 Å². The minimum atomic E-state index is -0.375. The minimum absolute atomic E-state index is 0.137. The van der Waals surface area contributed by atoms with Crippen molar-refractivity contribution < 1.29 is 4.92 Å². The number of nitrogens with zero attached hydrogens (tertiary/aromatic N) is 1. The van der Waals surface area contributed by atoms with E-state index >= 15 is 0 Å². The normalized spacial score (nSPS) is 10.3. The summed E-state index contributed by atoms with van der Waals surface area (Å²) in [4.78, 5) is 10.2. The summed E-state index contributed by atoms with van der Waals surface area (Å²) in [5.41, 5.74) is 3.70. The maximum atomic E-state index is 10.6. The molecule has 2 rings (SSSR count). The van der Waals surface area contributed by atoms with Gasteiger partial charge in [-0.25, -0.2) is 0 Å². The summed E-state index contributed by atoms with van der Waals surface area (Å²) in [7, 11) is 0. The molecule has 0 bridgehead atoms. The van der Waals surface area contributed by atoms with Crippen molar-refractivity contribution in [1.29, 1.82) is 0 Å². The van der Waals surface area contributed by atoms with Crippen molar-refractivity contribution in [3.05, 3.63) is 69.8 Å². The number of anilines is 1. The van der Waals surface area contributed by atoms with Gasteiger partial charge in [-0.1, -0.05) is 37.6 Å². The molecule has 0 heterocycles. The second kappa shape index (κ2) is 7.43. The molecule has 0 aliphatic heterocycles. The molecule has 4 heteroatoms. The van der Waals surface area contributed by atoms with E-state index in [2.05, 4.69) is 36.5 Å². The summed E-state index contributed by atoms with van der Waals surface area (Å²) in [6.07, 6.45) is 3.12. The number of nitro benzene ring substituents is 1. The molecule has 0 amide bonds. The zero-order chi connectivity index (χ0) is 15.1. The number of nitro groups is 1. The van der Waals surface area contributed by atoms with Crippen molar-refractivity contribution in [3.8, 4) is 0 Å². The van der Waals surface area contributed by atoms with E-state index < -0.39 is 0 Å². The van der Waals surface area contributed by atoms with E-state index in [0.717, 1.165) is 37.1 Å². The molecular formula is C17H20N2O2. The van der Waals surface area contributed by atoms with Crippen LogP contribution in [-0.4, -0.2) is 11.5 Å². The van der Waals surface area contributed by atoms with Crippen LogP contribution in [0.2, 0.25) is 0 Å². The van der Waals surface area contributed by atoms with Crippen LogP contribution in [0, 0.1) is 10.1 Å². The van der Waals surface area contributed by atoms with E-state index in [-0.39, 0.29) is 10.6 Å². The summed E-state index contributed by atoms with van der Waals surface area (Å²) in [5.74, 6) is 0. The van der Waals surface area contributed by atoms with Gasteiger partial charge < -0.3 is 5.32 Å². The molecule has 1 N–H and O–H groups in total. The molecule has 2 aromatic carbocycles. The van der Waals surface area contributed by atoms with Gasteiger partial charge >= 0.3 is 0 Å². The first kappa shape index (κ1) is 15.0. The van der Waals surface area contributed by atoms with Gasteiger partial charge in [0, 0.05) is 24.4 Å². The molecule has 0 radical (unpaired) electrons. The van der Waals surface area contributed by atoms with E-state index in [1.165, 1.54) is 5.56 Å². The summed E-state index contributed by atoms with van der Waals surface area (Å²) in [6, 6.07) is 15.2. The lowest BCUT2D eigenvalue weighted by atomic mass is 10.1. The number of nitrogens with one attached hydrogen (secondary N) is 1. The fraction of sp³-hybridized carbons (Fsp3) is 0.294. The van der Waals surface area contributed by atoms with Gasteiger partial charge in [0.2, 0.25) is 0 Å². The number of aryl methyl sites for hydroxylation is 1. The Bertz CT molecular complexity index is 577. The summed E-state index contributed by atoms with van der Waals surface area (Å²) in [5, 5.41) is 13.9. The highest BCUT2D eigenvalue weighted by molar-refractivity contribution is 5.45. The quantitative estimate of drug-likeness (QED) is 0.612. The van der Waals surface area contributed by atoms with Gasteiger partial charge in [0.05, 0.1) is 4.92 Å². The molecule has 0 aromatic heterocycles. The van der Waals surface area contributed by atoms with E-state index in [0.29, 0.717) is 0 Å². The Morgan fingerprint density at radius 3 is 2.10 bits per heavy atom. The Balaban J connectivity index is 1.82. The zero-order valence-electron chi connectivity index (χ0n) is 12.2. The van der Waals surface area contributed by atoms with Gasteiger partial charge in [0.25, 0.3) is 5.69 Å². The third kappa shape index (κ3) is 4.60. The predicted molar refractivity (Wildman–Crippen MR) is 85.7 cm³/mol. The predicted octanol–water partition coefficient (Wildman–Crippen LogP) is 4.20. The zero-order valence-corrected chi connectivity index (χ0v) is 12.2. The number of benzene rings is 2. The number of non-ortho nitro benzene ring substituents is 1. The second-order valence-corrected chi connectivity index (χ2v) is 5.05. The Morgan fingerprint density at radius 1 is 0.952 bits per heavy atom. The smallest absolute Gasteiger partial charge is 0.269 e. The second-order valence-electron chi connectivity index (χ2n) is 5.05. The lowest BCUT2D eigenvalue weighted by Gasteiger charge is -2.07. The minimum Gasteiger partial charge on any atom is -0.385 e. The van der Waals surface area contributed by atoms with Gasteiger partial charge in [-0.2, -0.15) is 0 Å². The fourth-order valence-corrected chi connectivity index (χ4v) is 2.21. The molecule has 110 valence electrons. The van der Waals surface area contributed by atoms with Crippen LogP contribution in [0.25, 0.3) is 0 Å². The number of hydrogen-bond acceptors (Lipinski definition) is 3. The maximum Gasteiger partial charge on any atom is 0.269 e. The molecule has 2 aromatic rings. The highest BCUT2D eigenvalue weighted by Crippen LogP contribution is 2.14. The first-order chi connectivity index (χ1) is 10.2. The third-order valence-corrected chi connectivity index (χ3v) is 3.38. The van der Waals surface area contributed by atoms with Crippen LogP contribution in [-0.2, 0) is 12.8 Å². The summed E-state index contributed by atoms with van der Waals surface area (Å²) in [6.45, 7) is 2.99. The van der Waals surface area contributed by atoms with E-state index in [9.17, 15) is 10.1 Å². The Morgan fingerprint density at radius 2 is 1.52 bits per heavy atom. The molecule has 0 fully saturated rings. The van der Waals surface area contributed by atoms with Gasteiger partial charge in [0.1, 0.15) is 0 Å². The summed E-state index contributed by atoms with van der Waals surface area (Å²) >= 11 is 0. The molecule has 0 unspecified atom stereocenters. The third-order valence-electron chi connectivity index (χ3n) is 3.38. The first-order valence-electron chi connectivity index (χ1n) is 7.25. The molecule has 4 nitrogen and oxygen atoms in total. The van der Waals surface area contributed by atoms with Crippen molar-refractivity contribution in [3.63, 3.8) is 0 Å². The molecule has 0 aliphatic rings. The average Bonchev–Trinajstić information content (AvgIpc) is 2.50. The highest BCUT2D eigenvalue weighted by atomic mass is 16.6. The van der Waals surface area contributed by atoms with Crippen molar-refractivity contribution in [2.75, 3.05) is 11.9 Å². The van der Waals surface area contributed by atoms with Crippen LogP contribution < -0.4 is 5.32 Å². The van der Waals surface area contributed by atoms with Gasteiger partial charge in [-0.15, -0.1) is 0 Å². The SMILES string of the molecule is CCCc1ccc(NCCc2ccc([N+](=O)[O-])cc2)cc1. The molecule has 0 saturated carbocycles. The van der Waals surface area contributed by atoms with Crippen LogP contribution in [0.5, 0.6) is 0 Å². The van der Waals surface area contributed by atoms with Crippen LogP contribution in [0.4, 0.5) is 11.4 Å². The average molecular weight is 284 g/mol. The fourth-order valence-electron chi connectivity index (χ4n) is 2.21. The standard InChI is InChI=1S/C17H20N2O2/c1-2-3-14-4-8-16(9-5-14)18-13-12-15-6-10-17(11-7-15)19(20)21/h4-11,18H,2-3,12-13H2,1H3. The van der Waals surface area contributed by atoms with E-state index in [1.54, 1.807) is 12.1 Å². The number of rotatable bonds is 7. The van der Waals surface area contributed by atoms with Gasteiger partial charge in [0.15, 0.2) is 0 Å². The van der Waals surface area contributed by atoms with Gasteiger partial charge in [-0.05, 0) is 36.1 Å². The molecule has 0 aliphatic carbocycles. The molecule has 0 saturated heterocycles. The molecular weight excluding hydrogens is 264 g/mol. The van der Waals surface area contributed by atoms with E-state index in [1.807, 2.05) is 12.1 Å². The van der Waals surface area contributed by atoms with Crippen molar-refractivity contribution in [2.24, 2.45) is 0 Å². The lowest BCUT2D eigenvalue weighted by molar-refractivity contribution is -0.384. The van der Waals surface area contributed by atoms with Crippen LogP contribution >= 0.6 is 0 Å². The lowest BCUT2D eigenvalue weighted by Crippen LogP contribution is -2.04. The Labute approximate surface area is 125 Å². The first-order valence-corrected chi connectivity index (χ1v) is 7.25.